The van der Waals surface area contributed by atoms with Crippen molar-refractivity contribution in [2.24, 2.45) is 5.92 Å². The molecule has 1 aliphatic heterocycles. The number of nitrogens with one attached hydrogen (secondary N) is 1. The highest BCUT2D eigenvalue weighted by Gasteiger charge is 2.20. The van der Waals surface area contributed by atoms with E-state index in [2.05, 4.69) is 56.1 Å². The Labute approximate surface area is 124 Å². The molecule has 1 fully saturated rings. The minimum absolute atomic E-state index is 0.607. The van der Waals surface area contributed by atoms with Crippen molar-refractivity contribution in [3.63, 3.8) is 0 Å². The number of hydrogen-bond acceptors (Lipinski definition) is 2. The summed E-state index contributed by atoms with van der Waals surface area (Å²) in [6, 6.07) is 7.25. The second-order valence-electron chi connectivity index (χ2n) is 6.61. The van der Waals surface area contributed by atoms with Gasteiger partial charge in [0.25, 0.3) is 0 Å². The Morgan fingerprint density at radius 3 is 2.50 bits per heavy atom. The molecule has 0 amide bonds. The van der Waals surface area contributed by atoms with Crippen LogP contribution in [0.4, 0.5) is 0 Å². The van der Waals surface area contributed by atoms with Gasteiger partial charge in [0.05, 0.1) is 0 Å². The number of nitrogens with zero attached hydrogens (tertiary/aromatic N) is 1. The topological polar surface area (TPSA) is 15.3 Å². The zero-order valence-electron chi connectivity index (χ0n) is 13.6. The van der Waals surface area contributed by atoms with E-state index in [0.29, 0.717) is 6.04 Å². The van der Waals surface area contributed by atoms with E-state index in [1.54, 1.807) is 0 Å². The minimum atomic E-state index is 0.607. The van der Waals surface area contributed by atoms with Crippen LogP contribution in [0.15, 0.2) is 18.2 Å². The third kappa shape index (κ3) is 4.07. The van der Waals surface area contributed by atoms with Crippen molar-refractivity contribution in [3.05, 3.63) is 34.9 Å². The van der Waals surface area contributed by atoms with Gasteiger partial charge < -0.3 is 5.32 Å². The summed E-state index contributed by atoms with van der Waals surface area (Å²) in [4.78, 5) is 2.65. The van der Waals surface area contributed by atoms with Gasteiger partial charge in [-0.05, 0) is 76.2 Å². The first-order valence-corrected chi connectivity index (χ1v) is 8.07. The molecule has 1 aliphatic rings. The minimum Gasteiger partial charge on any atom is -0.316 e. The summed E-state index contributed by atoms with van der Waals surface area (Å²) in [5.41, 5.74) is 4.37. The summed E-state index contributed by atoms with van der Waals surface area (Å²) < 4.78 is 0. The molecule has 112 valence electrons. The molecule has 0 aromatic heterocycles. The van der Waals surface area contributed by atoms with E-state index in [4.69, 9.17) is 0 Å². The van der Waals surface area contributed by atoms with Gasteiger partial charge in [-0.3, -0.25) is 4.90 Å². The lowest BCUT2D eigenvalue weighted by Gasteiger charge is -2.33. The number of piperidine rings is 1. The molecule has 2 heteroatoms. The van der Waals surface area contributed by atoms with E-state index in [1.165, 1.54) is 49.2 Å². The Morgan fingerprint density at radius 2 is 1.95 bits per heavy atom. The average molecular weight is 274 g/mol. The van der Waals surface area contributed by atoms with Gasteiger partial charge in [0.1, 0.15) is 0 Å². The lowest BCUT2D eigenvalue weighted by atomic mass is 9.97. The average Bonchev–Trinajstić information content (AvgIpc) is 2.42. The molecule has 0 spiro atoms. The maximum Gasteiger partial charge on any atom is 0.0241 e. The van der Waals surface area contributed by atoms with Crippen LogP contribution in [-0.4, -0.2) is 30.6 Å². The molecule has 2 rings (SSSR count). The summed E-state index contributed by atoms with van der Waals surface area (Å²) in [6.45, 7) is 13.8. The van der Waals surface area contributed by atoms with Gasteiger partial charge in [-0.2, -0.15) is 0 Å². The lowest BCUT2D eigenvalue weighted by molar-refractivity contribution is 0.163. The summed E-state index contributed by atoms with van der Waals surface area (Å²) in [5, 5.41) is 3.54. The summed E-state index contributed by atoms with van der Waals surface area (Å²) in [7, 11) is 0. The smallest absolute Gasteiger partial charge is 0.0241 e. The molecule has 0 radical (unpaired) electrons. The third-order valence-corrected chi connectivity index (χ3v) is 4.63. The van der Waals surface area contributed by atoms with Crippen molar-refractivity contribution in [2.45, 2.75) is 53.1 Å². The SMILES string of the molecule is Cc1cccc(C)c1CN(CC1CCCNC1)C(C)C. The summed E-state index contributed by atoms with van der Waals surface area (Å²) in [6.07, 6.45) is 2.71. The molecule has 0 saturated carbocycles. The molecule has 2 nitrogen and oxygen atoms in total. The Bertz CT molecular complexity index is 399. The number of aryl methyl sites for hydroxylation is 2. The molecule has 1 aromatic rings. The highest BCUT2D eigenvalue weighted by Crippen LogP contribution is 2.20. The van der Waals surface area contributed by atoms with Gasteiger partial charge in [0.15, 0.2) is 0 Å². The maximum atomic E-state index is 3.54. The quantitative estimate of drug-likeness (QED) is 0.884. The van der Waals surface area contributed by atoms with E-state index < -0.39 is 0 Å². The van der Waals surface area contributed by atoms with Gasteiger partial charge in [0.2, 0.25) is 0 Å². The van der Waals surface area contributed by atoms with Crippen molar-refractivity contribution < 1.29 is 0 Å². The molecule has 1 heterocycles. The normalized spacial score (nSPS) is 19.8. The van der Waals surface area contributed by atoms with Crippen LogP contribution in [0.3, 0.4) is 0 Å². The van der Waals surface area contributed by atoms with Crippen molar-refractivity contribution in [3.8, 4) is 0 Å². The van der Waals surface area contributed by atoms with Crippen LogP contribution in [0.2, 0.25) is 0 Å². The van der Waals surface area contributed by atoms with E-state index in [-0.39, 0.29) is 0 Å². The molecule has 1 N–H and O–H groups in total. The summed E-state index contributed by atoms with van der Waals surface area (Å²) >= 11 is 0. The van der Waals surface area contributed by atoms with Crippen molar-refractivity contribution in [1.82, 2.24) is 10.2 Å². The fourth-order valence-electron chi connectivity index (χ4n) is 3.17. The molecule has 1 atom stereocenters. The van der Waals surface area contributed by atoms with Crippen molar-refractivity contribution in [2.75, 3.05) is 19.6 Å². The predicted octanol–water partition coefficient (Wildman–Crippen LogP) is 3.51. The summed E-state index contributed by atoms with van der Waals surface area (Å²) in [5.74, 6) is 0.815. The Balaban J connectivity index is 2.05. The van der Waals surface area contributed by atoms with Crippen LogP contribution in [0.25, 0.3) is 0 Å². The highest BCUT2D eigenvalue weighted by atomic mass is 15.1. The number of hydrogen-bond donors (Lipinski definition) is 1. The largest absolute Gasteiger partial charge is 0.316 e. The number of benzene rings is 1. The highest BCUT2D eigenvalue weighted by molar-refractivity contribution is 5.33. The predicted molar refractivity (Wildman–Crippen MR) is 87.1 cm³/mol. The van der Waals surface area contributed by atoms with Crippen LogP contribution < -0.4 is 5.32 Å². The monoisotopic (exact) mass is 274 g/mol. The van der Waals surface area contributed by atoms with E-state index in [0.717, 1.165) is 12.5 Å². The van der Waals surface area contributed by atoms with Crippen molar-refractivity contribution in [1.29, 1.82) is 0 Å². The zero-order valence-corrected chi connectivity index (χ0v) is 13.6. The Kier molecular flexibility index (Phi) is 5.62. The third-order valence-electron chi connectivity index (χ3n) is 4.63. The molecular formula is C18H30N2. The van der Waals surface area contributed by atoms with Crippen LogP contribution >= 0.6 is 0 Å². The van der Waals surface area contributed by atoms with Crippen LogP contribution in [0.5, 0.6) is 0 Å². The Morgan fingerprint density at radius 1 is 1.25 bits per heavy atom. The van der Waals surface area contributed by atoms with E-state index in [1.807, 2.05) is 0 Å². The maximum absolute atomic E-state index is 3.54. The van der Waals surface area contributed by atoms with Gasteiger partial charge in [0, 0.05) is 19.1 Å². The van der Waals surface area contributed by atoms with Gasteiger partial charge in [-0.15, -0.1) is 0 Å². The van der Waals surface area contributed by atoms with E-state index in [9.17, 15) is 0 Å². The van der Waals surface area contributed by atoms with Crippen molar-refractivity contribution >= 4 is 0 Å². The first-order valence-electron chi connectivity index (χ1n) is 8.07. The first-order chi connectivity index (χ1) is 9.58. The second kappa shape index (κ2) is 7.24. The van der Waals surface area contributed by atoms with E-state index >= 15 is 0 Å². The standard InChI is InChI=1S/C18H30N2/c1-14(2)20(12-17-9-6-10-19-11-17)13-18-15(3)7-5-8-16(18)4/h5,7-8,14,17,19H,6,9-13H2,1-4H3. The first kappa shape index (κ1) is 15.5. The van der Waals surface area contributed by atoms with Crippen LogP contribution in [0.1, 0.15) is 43.4 Å². The Hall–Kier alpha value is -0.860. The van der Waals surface area contributed by atoms with Gasteiger partial charge in [-0.1, -0.05) is 18.2 Å². The molecule has 0 bridgehead atoms. The molecule has 1 unspecified atom stereocenters. The van der Waals surface area contributed by atoms with Crippen LogP contribution in [0, 0.1) is 19.8 Å². The molecule has 20 heavy (non-hydrogen) atoms. The van der Waals surface area contributed by atoms with Gasteiger partial charge >= 0.3 is 0 Å². The fourth-order valence-corrected chi connectivity index (χ4v) is 3.17. The molecule has 1 saturated heterocycles. The fraction of sp³-hybridized carbons (Fsp3) is 0.667. The molecule has 1 aromatic carbocycles. The van der Waals surface area contributed by atoms with Gasteiger partial charge in [-0.25, -0.2) is 0 Å². The molecule has 0 aliphatic carbocycles. The van der Waals surface area contributed by atoms with Crippen LogP contribution in [-0.2, 0) is 6.54 Å². The molecular weight excluding hydrogens is 244 g/mol. The second-order valence-corrected chi connectivity index (χ2v) is 6.61. The zero-order chi connectivity index (χ0) is 14.5. The lowest BCUT2D eigenvalue weighted by Crippen LogP contribution is -2.41. The number of rotatable bonds is 5.